The zero-order valence-corrected chi connectivity index (χ0v) is 17.2. The van der Waals surface area contributed by atoms with Crippen LogP contribution in [0.3, 0.4) is 0 Å². The maximum Gasteiger partial charge on any atom is 0.416 e. The lowest BCUT2D eigenvalue weighted by molar-refractivity contribution is -0.137. The lowest BCUT2D eigenvalue weighted by atomic mass is 10.1. The van der Waals surface area contributed by atoms with E-state index in [0.717, 1.165) is 18.2 Å². The quantitative estimate of drug-likeness (QED) is 0.504. The largest absolute Gasteiger partial charge is 0.497 e. The smallest absolute Gasteiger partial charge is 0.416 e. The molecule has 10 heteroatoms. The van der Waals surface area contributed by atoms with E-state index in [9.17, 15) is 27.6 Å². The van der Waals surface area contributed by atoms with Crippen LogP contribution >= 0.6 is 0 Å². The average molecular weight is 457 g/mol. The molecule has 7 nitrogen and oxygen atoms in total. The third kappa shape index (κ3) is 6.10. The number of halogens is 3. The average Bonchev–Trinajstić information content (AvgIpc) is 2.82. The molecular formula is C23H18F3N3O4. The molecule has 33 heavy (non-hydrogen) atoms. The van der Waals surface area contributed by atoms with Gasteiger partial charge in [-0.2, -0.15) is 13.2 Å². The molecule has 0 aromatic heterocycles. The molecule has 0 aliphatic carbocycles. The lowest BCUT2D eigenvalue weighted by Crippen LogP contribution is -2.41. The second-order valence-electron chi connectivity index (χ2n) is 6.75. The number of anilines is 1. The molecule has 3 N–H and O–H groups in total. The Bertz CT molecular complexity index is 1200. The Balaban J connectivity index is 1.65. The predicted molar refractivity (Wildman–Crippen MR) is 114 cm³/mol. The minimum Gasteiger partial charge on any atom is -0.497 e. The summed E-state index contributed by atoms with van der Waals surface area (Å²) >= 11 is 0. The topological polar surface area (TPSA) is 96.5 Å². The van der Waals surface area contributed by atoms with E-state index in [1.807, 2.05) is 0 Å². The van der Waals surface area contributed by atoms with Gasteiger partial charge in [-0.3, -0.25) is 25.2 Å². The van der Waals surface area contributed by atoms with Crippen molar-refractivity contribution in [3.63, 3.8) is 0 Å². The molecule has 0 aliphatic heterocycles. The van der Waals surface area contributed by atoms with Crippen molar-refractivity contribution in [2.75, 3.05) is 12.4 Å². The highest BCUT2D eigenvalue weighted by Crippen LogP contribution is 2.29. The van der Waals surface area contributed by atoms with E-state index in [2.05, 4.69) is 16.2 Å². The number of hydrogen-bond acceptors (Lipinski definition) is 4. The van der Waals surface area contributed by atoms with Gasteiger partial charge < -0.3 is 10.1 Å². The highest BCUT2D eigenvalue weighted by Gasteiger charge is 2.30. The molecule has 3 aromatic carbocycles. The fourth-order valence-corrected chi connectivity index (χ4v) is 2.80. The van der Waals surface area contributed by atoms with E-state index < -0.39 is 29.5 Å². The van der Waals surface area contributed by atoms with Crippen LogP contribution in [0.5, 0.6) is 5.75 Å². The van der Waals surface area contributed by atoms with Gasteiger partial charge in [0.1, 0.15) is 5.75 Å². The van der Waals surface area contributed by atoms with Crippen LogP contribution in [0, 0.1) is 0 Å². The number of nitrogens with one attached hydrogen (secondary N) is 3. The molecule has 0 fully saturated rings. The van der Waals surface area contributed by atoms with Gasteiger partial charge in [-0.05, 0) is 54.6 Å². The Hall–Kier alpha value is -4.34. The lowest BCUT2D eigenvalue weighted by Gasteiger charge is -2.11. The SMILES string of the molecule is COc1cccc(C(=O)NNC(=O)c2cccc(NC(=O)c3cccc(C(F)(F)F)c3)c2)c1. The number of carbonyl (C=O) groups is 3. The third-order valence-corrected chi connectivity index (χ3v) is 4.46. The number of hydrazine groups is 1. The molecule has 0 radical (unpaired) electrons. The molecule has 0 bridgehead atoms. The Labute approximate surface area is 186 Å². The van der Waals surface area contributed by atoms with Crippen molar-refractivity contribution in [2.24, 2.45) is 0 Å². The first kappa shape index (κ1) is 23.3. The summed E-state index contributed by atoms with van der Waals surface area (Å²) in [6, 6.07) is 16.0. The molecule has 0 saturated carbocycles. The van der Waals surface area contributed by atoms with E-state index in [0.29, 0.717) is 5.75 Å². The summed E-state index contributed by atoms with van der Waals surface area (Å²) < 4.78 is 43.6. The standard InChI is InChI=1S/C23H18F3N3O4/c1-33-19-10-4-7-16(13-19)22(32)29-28-21(31)15-6-3-9-18(12-15)27-20(30)14-5-2-8-17(11-14)23(24,25)26/h2-13H,1H3,(H,27,30)(H,28,31)(H,29,32). The van der Waals surface area contributed by atoms with Crippen molar-refractivity contribution in [3.8, 4) is 5.75 Å². The number of amides is 3. The van der Waals surface area contributed by atoms with Gasteiger partial charge in [-0.25, -0.2) is 0 Å². The van der Waals surface area contributed by atoms with Gasteiger partial charge in [0.05, 0.1) is 12.7 Å². The van der Waals surface area contributed by atoms with Crippen LogP contribution in [-0.2, 0) is 6.18 Å². The van der Waals surface area contributed by atoms with Gasteiger partial charge in [0.2, 0.25) is 0 Å². The monoisotopic (exact) mass is 457 g/mol. The molecule has 0 spiro atoms. The summed E-state index contributed by atoms with van der Waals surface area (Å²) in [5.74, 6) is -1.54. The molecule has 0 atom stereocenters. The first-order valence-corrected chi connectivity index (χ1v) is 9.51. The van der Waals surface area contributed by atoms with E-state index >= 15 is 0 Å². The molecule has 170 valence electrons. The summed E-state index contributed by atoms with van der Waals surface area (Å²) in [5, 5.41) is 2.45. The highest BCUT2D eigenvalue weighted by molar-refractivity contribution is 6.05. The fourth-order valence-electron chi connectivity index (χ4n) is 2.80. The Morgan fingerprint density at radius 2 is 1.27 bits per heavy atom. The summed E-state index contributed by atoms with van der Waals surface area (Å²) in [6.45, 7) is 0. The molecule has 0 aliphatic rings. The van der Waals surface area contributed by atoms with E-state index in [4.69, 9.17) is 4.74 Å². The van der Waals surface area contributed by atoms with Crippen molar-refractivity contribution < 1.29 is 32.3 Å². The van der Waals surface area contributed by atoms with Gasteiger partial charge >= 0.3 is 6.18 Å². The summed E-state index contributed by atoms with van der Waals surface area (Å²) in [7, 11) is 1.46. The number of ether oxygens (including phenoxy) is 1. The molecule has 0 unspecified atom stereocenters. The van der Waals surface area contributed by atoms with E-state index in [1.54, 1.807) is 12.1 Å². The maximum atomic E-state index is 12.9. The fraction of sp³-hybridized carbons (Fsp3) is 0.0870. The van der Waals surface area contributed by atoms with Gasteiger partial charge in [0.25, 0.3) is 17.7 Å². The van der Waals surface area contributed by atoms with Crippen molar-refractivity contribution >= 4 is 23.4 Å². The minimum atomic E-state index is -4.58. The number of carbonyl (C=O) groups excluding carboxylic acids is 3. The zero-order valence-electron chi connectivity index (χ0n) is 17.2. The van der Waals surface area contributed by atoms with E-state index in [-0.39, 0.29) is 22.4 Å². The molecular weight excluding hydrogens is 439 g/mol. The molecule has 0 heterocycles. The second-order valence-corrected chi connectivity index (χ2v) is 6.75. The zero-order chi connectivity index (χ0) is 24.0. The number of benzene rings is 3. The predicted octanol–water partition coefficient (Wildman–Crippen LogP) is 4.04. The number of hydrogen-bond donors (Lipinski definition) is 3. The van der Waals surface area contributed by atoms with Crippen LogP contribution < -0.4 is 20.9 Å². The molecule has 3 aromatic rings. The summed E-state index contributed by atoms with van der Waals surface area (Å²) in [5.41, 5.74) is 3.93. The van der Waals surface area contributed by atoms with Crippen LogP contribution in [0.2, 0.25) is 0 Å². The van der Waals surface area contributed by atoms with Crippen molar-refractivity contribution in [1.82, 2.24) is 10.9 Å². The Morgan fingerprint density at radius 1 is 0.727 bits per heavy atom. The molecule has 3 rings (SSSR count). The van der Waals surface area contributed by atoms with Crippen LogP contribution in [-0.4, -0.2) is 24.8 Å². The summed E-state index contributed by atoms with van der Waals surface area (Å²) in [4.78, 5) is 36.9. The van der Waals surface area contributed by atoms with Gasteiger partial charge in [-0.1, -0.05) is 18.2 Å². The van der Waals surface area contributed by atoms with E-state index in [1.165, 1.54) is 49.6 Å². The molecule has 0 saturated heterocycles. The Kier molecular flexibility index (Phi) is 6.97. The highest BCUT2D eigenvalue weighted by atomic mass is 19.4. The summed E-state index contributed by atoms with van der Waals surface area (Å²) in [6.07, 6.45) is -4.58. The van der Waals surface area contributed by atoms with Gasteiger partial charge in [0.15, 0.2) is 0 Å². The first-order valence-electron chi connectivity index (χ1n) is 9.51. The van der Waals surface area contributed by atoms with Gasteiger partial charge in [0, 0.05) is 22.4 Å². The molecule has 3 amide bonds. The van der Waals surface area contributed by atoms with Crippen LogP contribution in [0.15, 0.2) is 72.8 Å². The third-order valence-electron chi connectivity index (χ3n) is 4.46. The number of alkyl halides is 3. The van der Waals surface area contributed by atoms with Crippen LogP contribution in [0.25, 0.3) is 0 Å². The Morgan fingerprint density at radius 3 is 1.88 bits per heavy atom. The van der Waals surface area contributed by atoms with Crippen molar-refractivity contribution in [3.05, 3.63) is 95.1 Å². The maximum absolute atomic E-state index is 12.9. The normalized spacial score (nSPS) is 10.8. The second kappa shape index (κ2) is 9.86. The van der Waals surface area contributed by atoms with Crippen LogP contribution in [0.4, 0.5) is 18.9 Å². The van der Waals surface area contributed by atoms with Crippen molar-refractivity contribution in [1.29, 1.82) is 0 Å². The van der Waals surface area contributed by atoms with Gasteiger partial charge in [-0.15, -0.1) is 0 Å². The number of rotatable bonds is 5. The number of methoxy groups -OCH3 is 1. The van der Waals surface area contributed by atoms with Crippen LogP contribution in [0.1, 0.15) is 36.6 Å². The minimum absolute atomic E-state index is 0.0998. The van der Waals surface area contributed by atoms with Crippen molar-refractivity contribution in [2.45, 2.75) is 6.18 Å². The first-order chi connectivity index (χ1) is 15.7.